The first-order chi connectivity index (χ1) is 47.5. The third kappa shape index (κ3) is 10.2. The van der Waals surface area contributed by atoms with Gasteiger partial charge in [0.15, 0.2) is 0 Å². The van der Waals surface area contributed by atoms with Gasteiger partial charge in [-0.25, -0.2) is 0 Å². The van der Waals surface area contributed by atoms with Crippen LogP contribution in [-0.2, 0) is 0 Å². The minimum absolute atomic E-state index is 0.0388. The monoisotopic (exact) mass is 1230 g/mol. The van der Waals surface area contributed by atoms with E-state index in [0.717, 1.165) is 51.2 Å². The maximum atomic E-state index is 2.47. The van der Waals surface area contributed by atoms with Gasteiger partial charge in [-0.1, -0.05) is 236 Å². The van der Waals surface area contributed by atoms with Gasteiger partial charge < -0.3 is 24.5 Å². The predicted octanol–water partition coefficient (Wildman–Crippen LogP) is 23.0. The SMILES string of the molecule is Cc1ccc(N(c2ccccc2)c2ccc3ccc4c(N(c5ccccc5)c5ccc(C)cc5)ccc5ccc2c3c54)cc1.c1ccc(-c2ccc3c(c2)N(c2ccccc2)c2cccc4c2B3c2ccc(N(c3ccccc3)c3ccccc3)cc2N4c2ccccc2)cc1. The van der Waals surface area contributed by atoms with Gasteiger partial charge in [-0.2, -0.15) is 0 Å². The maximum absolute atomic E-state index is 2.47. The minimum Gasteiger partial charge on any atom is -0.311 e. The van der Waals surface area contributed by atoms with Crippen LogP contribution in [0.5, 0.6) is 0 Å². The van der Waals surface area contributed by atoms with Crippen LogP contribution in [0.1, 0.15) is 11.1 Å². The second-order valence-electron chi connectivity index (χ2n) is 25.0. The van der Waals surface area contributed by atoms with Crippen LogP contribution in [0.2, 0.25) is 0 Å². The van der Waals surface area contributed by atoms with Gasteiger partial charge in [-0.05, 0) is 202 Å². The number of aryl methyl sites for hydroxylation is 2. The molecule has 0 atom stereocenters. The molecular formula is C90H66BN5. The second-order valence-corrected chi connectivity index (χ2v) is 25.0. The van der Waals surface area contributed by atoms with Crippen molar-refractivity contribution < 1.29 is 0 Å². The van der Waals surface area contributed by atoms with Gasteiger partial charge in [0.1, 0.15) is 0 Å². The second kappa shape index (κ2) is 24.6. The van der Waals surface area contributed by atoms with Gasteiger partial charge in [0.25, 0.3) is 6.71 Å². The molecule has 454 valence electrons. The third-order valence-electron chi connectivity index (χ3n) is 19.1. The van der Waals surface area contributed by atoms with Crippen LogP contribution in [0, 0.1) is 13.8 Å². The van der Waals surface area contributed by atoms with Crippen LogP contribution in [0.3, 0.4) is 0 Å². The number of nitrogens with zero attached hydrogens (tertiary/aromatic N) is 5. The quantitative estimate of drug-likeness (QED) is 0.0892. The average Bonchev–Trinajstić information content (AvgIpc) is 0.695. The molecule has 0 saturated carbocycles. The summed E-state index contributed by atoms with van der Waals surface area (Å²) in [6.45, 7) is 4.32. The van der Waals surface area contributed by atoms with Crippen molar-refractivity contribution in [1.82, 2.24) is 0 Å². The van der Waals surface area contributed by atoms with E-state index in [2.05, 4.69) is 402 Å². The van der Waals surface area contributed by atoms with Gasteiger partial charge in [-0.3, -0.25) is 0 Å². The average molecular weight is 1230 g/mol. The maximum Gasteiger partial charge on any atom is 0.252 e. The summed E-state index contributed by atoms with van der Waals surface area (Å²) in [5.41, 5.74) is 26.2. The van der Waals surface area contributed by atoms with Crippen molar-refractivity contribution in [2.24, 2.45) is 0 Å². The lowest BCUT2D eigenvalue weighted by atomic mass is 9.33. The molecule has 16 aromatic carbocycles. The van der Waals surface area contributed by atoms with E-state index < -0.39 is 0 Å². The standard InChI is InChI=1S/C48H34BN3.C42H32N2/c1-6-17-35(18-7-1)36-29-31-42-46(33-36)51(39-23-12-4-13-24-39)44-27-16-28-45-48(44)49(42)43-32-30-41(34-47(43)52(45)40-25-14-5-15-26-40)50(37-19-8-2-9-20-37)38-21-10-3-11-22-38;1-29-13-21-35(22-14-29)43(33-9-5-3-6-10-33)39-27-19-31-18-26-38-40(28-20-32-17-25-37(39)41(31)42(32)38)44(34-11-7-4-8-12-34)36-23-15-30(2)16-24-36/h1-34H;3-28H,1-2H3. The van der Waals surface area contributed by atoms with E-state index in [4.69, 9.17) is 0 Å². The van der Waals surface area contributed by atoms with E-state index in [-0.39, 0.29) is 6.71 Å². The van der Waals surface area contributed by atoms with Crippen molar-refractivity contribution in [1.29, 1.82) is 0 Å². The number of anilines is 15. The Balaban J connectivity index is 0.000000147. The Morgan fingerprint density at radius 1 is 0.250 bits per heavy atom. The summed E-state index contributed by atoms with van der Waals surface area (Å²) in [6.07, 6.45) is 0. The molecule has 5 nitrogen and oxygen atoms in total. The van der Waals surface area contributed by atoms with Crippen LogP contribution in [0.15, 0.2) is 364 Å². The fraction of sp³-hybridized carbons (Fsp3) is 0.0222. The van der Waals surface area contributed by atoms with E-state index in [1.165, 1.54) is 105 Å². The van der Waals surface area contributed by atoms with E-state index in [1.807, 2.05) is 0 Å². The Hall–Kier alpha value is -12.4. The van der Waals surface area contributed by atoms with E-state index in [9.17, 15) is 0 Å². The molecule has 0 aliphatic carbocycles. The highest BCUT2D eigenvalue weighted by molar-refractivity contribution is 7.00. The molecule has 2 aliphatic heterocycles. The molecule has 2 aliphatic rings. The lowest BCUT2D eigenvalue weighted by Gasteiger charge is -2.44. The van der Waals surface area contributed by atoms with Crippen molar-refractivity contribution in [2.45, 2.75) is 13.8 Å². The van der Waals surface area contributed by atoms with Crippen molar-refractivity contribution in [3.8, 4) is 11.1 Å². The van der Waals surface area contributed by atoms with Gasteiger partial charge in [-0.15, -0.1) is 0 Å². The Kier molecular flexibility index (Phi) is 14.7. The zero-order chi connectivity index (χ0) is 64.1. The fourth-order valence-electron chi connectivity index (χ4n) is 14.7. The third-order valence-corrected chi connectivity index (χ3v) is 19.1. The van der Waals surface area contributed by atoms with Crippen molar-refractivity contribution in [2.75, 3.05) is 24.5 Å². The molecule has 0 aromatic heterocycles. The molecular weight excluding hydrogens is 1160 g/mol. The zero-order valence-corrected chi connectivity index (χ0v) is 53.5. The lowest BCUT2D eigenvalue weighted by molar-refractivity contribution is 1.24. The molecule has 18 rings (SSSR count). The molecule has 6 heteroatoms. The molecule has 16 aromatic rings. The normalized spacial score (nSPS) is 12.0. The van der Waals surface area contributed by atoms with Crippen molar-refractivity contribution >= 4 is 141 Å². The first-order valence-corrected chi connectivity index (χ1v) is 33.1. The molecule has 0 N–H and O–H groups in total. The zero-order valence-electron chi connectivity index (χ0n) is 53.5. The Morgan fingerprint density at radius 2 is 0.604 bits per heavy atom. The molecule has 0 fully saturated rings. The molecule has 96 heavy (non-hydrogen) atoms. The highest BCUT2D eigenvalue weighted by Gasteiger charge is 2.43. The van der Waals surface area contributed by atoms with Crippen LogP contribution in [-0.4, -0.2) is 6.71 Å². The summed E-state index contributed by atoms with van der Waals surface area (Å²) in [6, 6.07) is 132. The topological polar surface area (TPSA) is 16.2 Å². The summed E-state index contributed by atoms with van der Waals surface area (Å²) in [4.78, 5) is 12.1. The number of benzene rings is 16. The number of fused-ring (bicyclic) bond motifs is 4. The molecule has 2 heterocycles. The summed E-state index contributed by atoms with van der Waals surface area (Å²) >= 11 is 0. The largest absolute Gasteiger partial charge is 0.311 e. The summed E-state index contributed by atoms with van der Waals surface area (Å²) in [5, 5.41) is 7.57. The smallest absolute Gasteiger partial charge is 0.252 e. The van der Waals surface area contributed by atoms with Gasteiger partial charge in [0.2, 0.25) is 0 Å². The number of rotatable bonds is 12. The van der Waals surface area contributed by atoms with Gasteiger partial charge in [0, 0.05) is 84.7 Å². The number of para-hydroxylation sites is 6. The Labute approximate surface area is 561 Å². The van der Waals surface area contributed by atoms with Crippen LogP contribution in [0.25, 0.3) is 43.4 Å². The molecule has 0 amide bonds. The molecule has 0 unspecified atom stereocenters. The molecule has 0 saturated heterocycles. The predicted molar refractivity (Wildman–Crippen MR) is 410 cm³/mol. The highest BCUT2D eigenvalue weighted by Crippen LogP contribution is 2.50. The van der Waals surface area contributed by atoms with Crippen LogP contribution in [0.4, 0.5) is 85.3 Å². The van der Waals surface area contributed by atoms with Crippen LogP contribution >= 0.6 is 0 Å². The Morgan fingerprint density at radius 3 is 1.04 bits per heavy atom. The first kappa shape index (κ1) is 57.5. The van der Waals surface area contributed by atoms with E-state index in [0.29, 0.717) is 0 Å². The summed E-state index contributed by atoms with van der Waals surface area (Å²) < 4.78 is 0. The van der Waals surface area contributed by atoms with Gasteiger partial charge >= 0.3 is 0 Å². The molecule has 0 radical (unpaired) electrons. The van der Waals surface area contributed by atoms with E-state index in [1.54, 1.807) is 0 Å². The first-order valence-electron chi connectivity index (χ1n) is 33.1. The number of hydrogen-bond donors (Lipinski definition) is 0. The Bertz CT molecular complexity index is 5230. The number of hydrogen-bond acceptors (Lipinski definition) is 5. The fourth-order valence-corrected chi connectivity index (χ4v) is 14.7. The molecule has 0 bridgehead atoms. The summed E-state index contributed by atoms with van der Waals surface area (Å²) in [5.74, 6) is 0. The minimum atomic E-state index is 0.0388. The summed E-state index contributed by atoms with van der Waals surface area (Å²) in [7, 11) is 0. The van der Waals surface area contributed by atoms with E-state index >= 15 is 0 Å². The lowest BCUT2D eigenvalue weighted by Crippen LogP contribution is -2.61. The van der Waals surface area contributed by atoms with Crippen LogP contribution < -0.4 is 40.9 Å². The molecule has 0 spiro atoms. The van der Waals surface area contributed by atoms with Crippen molar-refractivity contribution in [3.63, 3.8) is 0 Å². The van der Waals surface area contributed by atoms with Crippen molar-refractivity contribution in [3.05, 3.63) is 375 Å². The highest BCUT2D eigenvalue weighted by atomic mass is 15.2. The van der Waals surface area contributed by atoms with Gasteiger partial charge in [0.05, 0.1) is 11.4 Å².